The Hall–Kier alpha value is -2.31. The molecule has 182 valence electrons. The largest absolute Gasteiger partial charge is 0.495 e. The molecule has 0 spiro atoms. The molecule has 1 aliphatic heterocycles. The van der Waals surface area contributed by atoms with Gasteiger partial charge in [-0.05, 0) is 48.1 Å². The van der Waals surface area contributed by atoms with E-state index in [9.17, 15) is 4.79 Å². The van der Waals surface area contributed by atoms with Gasteiger partial charge in [-0.15, -0.1) is 0 Å². The van der Waals surface area contributed by atoms with Crippen molar-refractivity contribution in [1.29, 1.82) is 0 Å². The zero-order valence-corrected chi connectivity index (χ0v) is 21.0. The summed E-state index contributed by atoms with van der Waals surface area (Å²) >= 11 is 0. The molecule has 1 saturated heterocycles. The number of nitrogens with zero attached hydrogens (tertiary/aromatic N) is 3. The Morgan fingerprint density at radius 3 is 2.62 bits per heavy atom. The number of benzene rings is 1. The van der Waals surface area contributed by atoms with Gasteiger partial charge in [0.25, 0.3) is 5.56 Å². The van der Waals surface area contributed by atoms with Gasteiger partial charge in [0.15, 0.2) is 0 Å². The van der Waals surface area contributed by atoms with Crippen LogP contribution < -0.4 is 10.3 Å². The standard InChI is InChI=1S/C28H37N3O3/c1-27(2)19-8-10-28(3,18-19)26(27)31-11-9-21-23(25(31)32)20-6-5-7-22(33-4)24(20)30(21)13-12-29-14-16-34-17-15-29/h5-7,9,11,19,26H,8,10,12-18H2,1-4H3/t19-,26-,28+/m0/s1. The van der Waals surface area contributed by atoms with Crippen LogP contribution in [0.25, 0.3) is 21.8 Å². The molecule has 0 amide bonds. The topological polar surface area (TPSA) is 48.6 Å². The fourth-order valence-corrected chi connectivity index (χ4v) is 7.78. The SMILES string of the molecule is COc1cccc2c3c(=O)n([C@H]4C(C)(C)[C@H]5CC[C@]4(C)C5)ccc3n(CCN3CCOCC3)c12. The molecule has 0 radical (unpaired) electrons. The van der Waals surface area contributed by atoms with Gasteiger partial charge >= 0.3 is 0 Å². The van der Waals surface area contributed by atoms with Crippen LogP contribution in [0, 0.1) is 16.7 Å². The molecule has 0 N–H and O–H groups in total. The number of para-hydroxylation sites is 1. The van der Waals surface area contributed by atoms with Crippen molar-refractivity contribution in [2.45, 2.75) is 52.6 Å². The number of pyridine rings is 1. The van der Waals surface area contributed by atoms with Gasteiger partial charge in [0.2, 0.25) is 0 Å². The van der Waals surface area contributed by atoms with E-state index in [1.54, 1.807) is 7.11 Å². The van der Waals surface area contributed by atoms with E-state index in [-0.39, 0.29) is 22.4 Å². The van der Waals surface area contributed by atoms with Crippen LogP contribution in [0.1, 0.15) is 46.1 Å². The molecule has 2 bridgehead atoms. The number of fused-ring (bicyclic) bond motifs is 5. The highest BCUT2D eigenvalue weighted by Crippen LogP contribution is 2.67. The summed E-state index contributed by atoms with van der Waals surface area (Å²) in [6.45, 7) is 12.4. The Morgan fingerprint density at radius 2 is 1.91 bits per heavy atom. The molecular formula is C28H37N3O3. The maximum Gasteiger partial charge on any atom is 0.260 e. The molecule has 6 nitrogen and oxygen atoms in total. The Balaban J connectivity index is 1.52. The molecule has 3 fully saturated rings. The van der Waals surface area contributed by atoms with Gasteiger partial charge in [-0.25, -0.2) is 0 Å². The van der Waals surface area contributed by atoms with Crippen LogP contribution in [0.5, 0.6) is 5.75 Å². The molecule has 3 aliphatic rings. The summed E-state index contributed by atoms with van der Waals surface area (Å²) < 4.78 is 15.7. The van der Waals surface area contributed by atoms with Gasteiger partial charge in [0.1, 0.15) is 5.75 Å². The maximum atomic E-state index is 14.2. The van der Waals surface area contributed by atoms with Gasteiger partial charge in [-0.3, -0.25) is 9.69 Å². The molecular weight excluding hydrogens is 426 g/mol. The number of rotatable bonds is 5. The van der Waals surface area contributed by atoms with Crippen molar-refractivity contribution < 1.29 is 9.47 Å². The monoisotopic (exact) mass is 463 g/mol. The summed E-state index contributed by atoms with van der Waals surface area (Å²) in [6, 6.07) is 8.51. The summed E-state index contributed by atoms with van der Waals surface area (Å²) in [7, 11) is 1.72. The lowest BCUT2D eigenvalue weighted by Gasteiger charge is -2.43. The first-order valence-corrected chi connectivity index (χ1v) is 12.9. The highest BCUT2D eigenvalue weighted by atomic mass is 16.5. The third-order valence-corrected chi connectivity index (χ3v) is 9.36. The van der Waals surface area contributed by atoms with Crippen molar-refractivity contribution >= 4 is 21.8 Å². The predicted molar refractivity (Wildman–Crippen MR) is 136 cm³/mol. The summed E-state index contributed by atoms with van der Waals surface area (Å²) in [6.07, 6.45) is 5.81. The van der Waals surface area contributed by atoms with Gasteiger partial charge < -0.3 is 18.6 Å². The number of methoxy groups -OCH3 is 1. The molecule has 0 unspecified atom stereocenters. The molecule has 6 heteroatoms. The number of ether oxygens (including phenoxy) is 2. The molecule has 2 aliphatic carbocycles. The summed E-state index contributed by atoms with van der Waals surface area (Å²) in [5.41, 5.74) is 2.50. The van der Waals surface area contributed by atoms with Crippen LogP contribution in [0.2, 0.25) is 0 Å². The van der Waals surface area contributed by atoms with Crippen molar-refractivity contribution in [1.82, 2.24) is 14.0 Å². The fourth-order valence-electron chi connectivity index (χ4n) is 7.78. The first-order chi connectivity index (χ1) is 16.3. The van der Waals surface area contributed by atoms with E-state index in [1.165, 1.54) is 19.3 Å². The average Bonchev–Trinajstić information content (AvgIpc) is 3.44. The van der Waals surface area contributed by atoms with Crippen LogP contribution in [0.15, 0.2) is 35.3 Å². The smallest absolute Gasteiger partial charge is 0.260 e. The molecule has 3 atom stereocenters. The van der Waals surface area contributed by atoms with Crippen LogP contribution in [-0.4, -0.2) is 54.0 Å². The second kappa shape index (κ2) is 7.85. The van der Waals surface area contributed by atoms with Crippen molar-refractivity contribution in [3.63, 3.8) is 0 Å². The van der Waals surface area contributed by atoms with E-state index in [4.69, 9.17) is 9.47 Å². The van der Waals surface area contributed by atoms with Crippen LogP contribution in [0.4, 0.5) is 0 Å². The number of morpholine rings is 1. The molecule has 2 aromatic heterocycles. The van der Waals surface area contributed by atoms with E-state index < -0.39 is 0 Å². The summed E-state index contributed by atoms with van der Waals surface area (Å²) in [4.78, 5) is 16.7. The van der Waals surface area contributed by atoms with E-state index in [0.29, 0.717) is 5.92 Å². The molecule has 3 aromatic rings. The van der Waals surface area contributed by atoms with Gasteiger partial charge in [-0.1, -0.05) is 32.9 Å². The predicted octanol–water partition coefficient (Wildman–Crippen LogP) is 4.68. The highest BCUT2D eigenvalue weighted by molar-refractivity contribution is 6.09. The van der Waals surface area contributed by atoms with Crippen molar-refractivity contribution in [2.24, 2.45) is 16.7 Å². The molecule has 6 rings (SSSR count). The molecule has 34 heavy (non-hydrogen) atoms. The first kappa shape index (κ1) is 22.2. The molecule has 2 saturated carbocycles. The molecule has 3 heterocycles. The van der Waals surface area contributed by atoms with Crippen molar-refractivity contribution in [3.8, 4) is 5.75 Å². The Bertz CT molecular complexity index is 1290. The van der Waals surface area contributed by atoms with E-state index in [0.717, 1.165) is 66.9 Å². The second-order valence-electron chi connectivity index (χ2n) is 11.6. The van der Waals surface area contributed by atoms with E-state index in [2.05, 4.69) is 53.1 Å². The first-order valence-electron chi connectivity index (χ1n) is 12.9. The lowest BCUT2D eigenvalue weighted by atomic mass is 9.68. The minimum atomic E-state index is 0.122. The van der Waals surface area contributed by atoms with Gasteiger partial charge in [0, 0.05) is 43.8 Å². The normalized spacial score (nSPS) is 28.8. The third kappa shape index (κ3) is 3.11. The summed E-state index contributed by atoms with van der Waals surface area (Å²) in [5.74, 6) is 1.52. The van der Waals surface area contributed by atoms with Gasteiger partial charge in [-0.2, -0.15) is 0 Å². The molecule has 1 aromatic carbocycles. The summed E-state index contributed by atoms with van der Waals surface area (Å²) in [5, 5.41) is 1.84. The lowest BCUT2D eigenvalue weighted by Crippen LogP contribution is -2.41. The van der Waals surface area contributed by atoms with Gasteiger partial charge in [0.05, 0.1) is 36.7 Å². The Kier molecular flexibility index (Phi) is 5.12. The average molecular weight is 464 g/mol. The zero-order valence-electron chi connectivity index (χ0n) is 21.0. The van der Waals surface area contributed by atoms with Crippen LogP contribution >= 0.6 is 0 Å². The van der Waals surface area contributed by atoms with Crippen LogP contribution in [0.3, 0.4) is 0 Å². The van der Waals surface area contributed by atoms with E-state index >= 15 is 0 Å². The minimum Gasteiger partial charge on any atom is -0.495 e. The fraction of sp³-hybridized carbons (Fsp3) is 0.607. The second-order valence-corrected chi connectivity index (χ2v) is 11.6. The maximum absolute atomic E-state index is 14.2. The third-order valence-electron chi connectivity index (χ3n) is 9.36. The van der Waals surface area contributed by atoms with Crippen LogP contribution in [-0.2, 0) is 11.3 Å². The van der Waals surface area contributed by atoms with Crippen molar-refractivity contribution in [3.05, 3.63) is 40.8 Å². The number of hydrogen-bond acceptors (Lipinski definition) is 4. The Labute approximate surface area is 201 Å². The quantitative estimate of drug-likeness (QED) is 0.551. The lowest BCUT2D eigenvalue weighted by molar-refractivity contribution is 0.0366. The number of hydrogen-bond donors (Lipinski definition) is 0. The highest BCUT2D eigenvalue weighted by Gasteiger charge is 2.60. The minimum absolute atomic E-state index is 0.122. The zero-order chi connectivity index (χ0) is 23.7. The van der Waals surface area contributed by atoms with Crippen molar-refractivity contribution in [2.75, 3.05) is 40.0 Å². The van der Waals surface area contributed by atoms with E-state index in [1.807, 2.05) is 12.1 Å². The number of aromatic nitrogens is 2. The Morgan fingerprint density at radius 1 is 1.12 bits per heavy atom.